The maximum Gasteiger partial charge on any atom is 0.147 e. The maximum absolute atomic E-state index is 11.3. The topological polar surface area (TPSA) is 99.1 Å². The fraction of sp³-hybridized carbons (Fsp3) is 0.417. The summed E-state index contributed by atoms with van der Waals surface area (Å²) < 4.78 is 22.5. The van der Waals surface area contributed by atoms with Gasteiger partial charge < -0.3 is 11.5 Å². The molecule has 1 aromatic heterocycles. The molecule has 1 unspecified atom stereocenters. The predicted octanol–water partition coefficient (Wildman–Crippen LogP) is 0.669. The lowest BCUT2D eigenvalue weighted by Gasteiger charge is -2.32. The second kappa shape index (κ2) is 4.37. The van der Waals surface area contributed by atoms with Crippen molar-refractivity contribution in [3.63, 3.8) is 0 Å². The van der Waals surface area contributed by atoms with Crippen LogP contribution >= 0.6 is 0 Å². The average Bonchev–Trinajstić information content (AvgIpc) is 2.26. The summed E-state index contributed by atoms with van der Waals surface area (Å²) >= 11 is 0. The van der Waals surface area contributed by atoms with Crippen molar-refractivity contribution in [3.05, 3.63) is 29.5 Å². The predicted molar refractivity (Wildman–Crippen MR) is 72.5 cm³/mol. The Bertz CT molecular complexity index is 595. The van der Waals surface area contributed by atoms with E-state index in [-0.39, 0.29) is 5.75 Å². The van der Waals surface area contributed by atoms with Crippen LogP contribution in [0.1, 0.15) is 24.1 Å². The van der Waals surface area contributed by atoms with E-state index in [0.717, 1.165) is 11.3 Å². The molecule has 1 heterocycles. The molecule has 0 aliphatic heterocycles. The lowest BCUT2D eigenvalue weighted by molar-refractivity contribution is 0.427. The van der Waals surface area contributed by atoms with E-state index in [0.29, 0.717) is 18.7 Å². The molecule has 0 amide bonds. The lowest BCUT2D eigenvalue weighted by atomic mass is 9.81. The first-order valence-electron chi connectivity index (χ1n) is 5.70. The summed E-state index contributed by atoms with van der Waals surface area (Å²) in [6.07, 6.45) is 6.00. The monoisotopic (exact) mass is 267 g/mol. The summed E-state index contributed by atoms with van der Waals surface area (Å²) in [6, 6.07) is 3.53. The van der Waals surface area contributed by atoms with E-state index < -0.39 is 15.4 Å². The Labute approximate surface area is 107 Å². The highest BCUT2D eigenvalue weighted by atomic mass is 32.2. The minimum absolute atomic E-state index is 0.0706. The largest absolute Gasteiger partial charge is 0.384 e. The summed E-state index contributed by atoms with van der Waals surface area (Å²) in [5.74, 6) is 0.506. The maximum atomic E-state index is 11.3. The second-order valence-corrected chi connectivity index (χ2v) is 7.07. The van der Waals surface area contributed by atoms with Gasteiger partial charge >= 0.3 is 0 Å². The van der Waals surface area contributed by atoms with Crippen LogP contribution < -0.4 is 11.5 Å². The first-order chi connectivity index (χ1) is 8.30. The minimum atomic E-state index is -3.02. The van der Waals surface area contributed by atoms with Gasteiger partial charge in [0.15, 0.2) is 0 Å². The van der Waals surface area contributed by atoms with Gasteiger partial charge in [0.2, 0.25) is 0 Å². The molecular weight excluding hydrogens is 250 g/mol. The molecule has 2 rings (SSSR count). The van der Waals surface area contributed by atoms with Gasteiger partial charge in [0.25, 0.3) is 0 Å². The highest BCUT2D eigenvalue weighted by molar-refractivity contribution is 7.90. The van der Waals surface area contributed by atoms with E-state index in [1.165, 1.54) is 6.26 Å². The van der Waals surface area contributed by atoms with E-state index in [9.17, 15) is 8.42 Å². The summed E-state index contributed by atoms with van der Waals surface area (Å²) in [6.45, 7) is 0. The van der Waals surface area contributed by atoms with Crippen LogP contribution in [0.15, 0.2) is 18.2 Å². The number of rotatable bonds is 3. The van der Waals surface area contributed by atoms with Gasteiger partial charge in [-0.2, -0.15) is 0 Å². The van der Waals surface area contributed by atoms with Crippen molar-refractivity contribution < 1.29 is 8.42 Å². The van der Waals surface area contributed by atoms with Gasteiger partial charge in [-0.15, -0.1) is 0 Å². The van der Waals surface area contributed by atoms with Crippen LogP contribution in [0.3, 0.4) is 0 Å². The van der Waals surface area contributed by atoms with Gasteiger partial charge in [-0.1, -0.05) is 12.1 Å². The third-order valence-electron chi connectivity index (χ3n) is 3.16. The third-order valence-corrected chi connectivity index (χ3v) is 4.11. The van der Waals surface area contributed by atoms with Crippen LogP contribution in [-0.2, 0) is 15.4 Å². The minimum Gasteiger partial charge on any atom is -0.384 e. The van der Waals surface area contributed by atoms with E-state index >= 15 is 0 Å². The average molecular weight is 267 g/mol. The standard InChI is InChI=1S/C12H17N3O2S/c1-18(16,17)8-7-12(14)6-2-3-10-9(12)4-5-11(13)15-10/h2-5H,6-8,14H2,1H3,(H2,13,15). The Kier molecular flexibility index (Phi) is 3.16. The Morgan fingerprint density at radius 1 is 1.44 bits per heavy atom. The van der Waals surface area contributed by atoms with Crippen LogP contribution in [0.25, 0.3) is 6.08 Å². The van der Waals surface area contributed by atoms with Crippen LogP contribution in [0.2, 0.25) is 0 Å². The van der Waals surface area contributed by atoms with E-state index in [1.807, 2.05) is 18.2 Å². The van der Waals surface area contributed by atoms with E-state index in [4.69, 9.17) is 11.5 Å². The van der Waals surface area contributed by atoms with Crippen molar-refractivity contribution >= 4 is 21.7 Å². The molecule has 18 heavy (non-hydrogen) atoms. The number of nitrogens with zero attached hydrogens (tertiary/aromatic N) is 1. The van der Waals surface area contributed by atoms with Gasteiger partial charge in [0, 0.05) is 11.8 Å². The van der Waals surface area contributed by atoms with Crippen molar-refractivity contribution in [2.24, 2.45) is 5.73 Å². The number of fused-ring (bicyclic) bond motifs is 1. The van der Waals surface area contributed by atoms with Crippen molar-refractivity contribution in [2.45, 2.75) is 18.4 Å². The van der Waals surface area contributed by atoms with Crippen LogP contribution in [-0.4, -0.2) is 25.4 Å². The normalized spacial score (nSPS) is 22.8. The van der Waals surface area contributed by atoms with Crippen molar-refractivity contribution in [1.29, 1.82) is 0 Å². The Morgan fingerprint density at radius 2 is 2.17 bits per heavy atom. The van der Waals surface area contributed by atoms with E-state index in [1.54, 1.807) is 6.07 Å². The quantitative estimate of drug-likeness (QED) is 0.838. The van der Waals surface area contributed by atoms with Crippen molar-refractivity contribution in [2.75, 3.05) is 17.7 Å². The van der Waals surface area contributed by atoms with Crippen LogP contribution in [0.4, 0.5) is 5.82 Å². The Morgan fingerprint density at radius 3 is 2.83 bits per heavy atom. The first kappa shape index (κ1) is 13.0. The number of nitrogen functional groups attached to an aromatic ring is 1. The summed E-state index contributed by atoms with van der Waals surface area (Å²) in [4.78, 5) is 4.22. The molecule has 0 aromatic carbocycles. The molecule has 98 valence electrons. The second-order valence-electron chi connectivity index (χ2n) is 4.81. The first-order valence-corrected chi connectivity index (χ1v) is 7.76. The number of anilines is 1. The molecule has 1 atom stereocenters. The van der Waals surface area contributed by atoms with Crippen molar-refractivity contribution in [3.8, 4) is 0 Å². The number of pyridine rings is 1. The summed E-state index contributed by atoms with van der Waals surface area (Å²) in [7, 11) is -3.02. The zero-order valence-corrected chi connectivity index (χ0v) is 11.1. The molecule has 5 nitrogen and oxygen atoms in total. The molecule has 1 aromatic rings. The Hall–Kier alpha value is -1.40. The molecule has 0 bridgehead atoms. The van der Waals surface area contributed by atoms with Crippen LogP contribution in [0, 0.1) is 0 Å². The fourth-order valence-electron chi connectivity index (χ4n) is 2.13. The summed E-state index contributed by atoms with van der Waals surface area (Å²) in [5.41, 5.74) is 12.9. The van der Waals surface area contributed by atoms with Gasteiger partial charge in [-0.3, -0.25) is 0 Å². The molecule has 0 saturated carbocycles. The van der Waals surface area contributed by atoms with Gasteiger partial charge in [-0.25, -0.2) is 13.4 Å². The smallest absolute Gasteiger partial charge is 0.147 e. The lowest BCUT2D eigenvalue weighted by Crippen LogP contribution is -2.40. The molecule has 0 spiro atoms. The number of nitrogens with two attached hydrogens (primary N) is 2. The Balaban J connectivity index is 2.34. The molecule has 4 N–H and O–H groups in total. The number of sulfone groups is 1. The molecule has 6 heteroatoms. The fourth-order valence-corrected chi connectivity index (χ4v) is 2.87. The highest BCUT2D eigenvalue weighted by Crippen LogP contribution is 2.34. The highest BCUT2D eigenvalue weighted by Gasteiger charge is 2.32. The number of hydrogen-bond donors (Lipinski definition) is 2. The molecule has 1 aliphatic carbocycles. The molecular formula is C12H17N3O2S. The third kappa shape index (κ3) is 2.70. The molecule has 0 fully saturated rings. The zero-order chi connectivity index (χ0) is 13.4. The van der Waals surface area contributed by atoms with E-state index in [2.05, 4.69) is 4.98 Å². The zero-order valence-electron chi connectivity index (χ0n) is 10.3. The molecule has 0 saturated heterocycles. The summed E-state index contributed by atoms with van der Waals surface area (Å²) in [5, 5.41) is 0. The van der Waals surface area contributed by atoms with Crippen LogP contribution in [0.5, 0.6) is 0 Å². The molecule has 0 radical (unpaired) electrons. The van der Waals surface area contributed by atoms with Gasteiger partial charge in [-0.05, 0) is 30.5 Å². The van der Waals surface area contributed by atoms with Gasteiger partial charge in [0.05, 0.1) is 11.4 Å². The van der Waals surface area contributed by atoms with Gasteiger partial charge in [0.1, 0.15) is 15.7 Å². The van der Waals surface area contributed by atoms with Crippen molar-refractivity contribution in [1.82, 2.24) is 4.98 Å². The SMILES string of the molecule is CS(=O)(=O)CCC1(N)CC=Cc2nc(N)ccc21. The number of hydrogen-bond acceptors (Lipinski definition) is 5. The number of aromatic nitrogens is 1. The molecule has 1 aliphatic rings.